The Morgan fingerprint density at radius 2 is 1.82 bits per heavy atom. The molecule has 0 saturated heterocycles. The van der Waals surface area contributed by atoms with Crippen molar-refractivity contribution in [3.8, 4) is 5.75 Å². The van der Waals surface area contributed by atoms with Gasteiger partial charge in [0.15, 0.2) is 5.75 Å². The largest absolute Gasteiger partial charge is 0.478 e. The van der Waals surface area contributed by atoms with E-state index in [9.17, 15) is 9.59 Å². The molecule has 4 heteroatoms. The standard InChI is InChI=1S/C13H10O4/c1-8(14)17-12-10-5-3-2-4-9(10)6-7-11(12)13(15)16/h2-7H,1H3,(H,15,16). The molecule has 0 aliphatic rings. The second-order valence-corrected chi connectivity index (χ2v) is 3.56. The minimum Gasteiger partial charge on any atom is -0.478 e. The van der Waals surface area contributed by atoms with Crippen molar-refractivity contribution in [3.63, 3.8) is 0 Å². The van der Waals surface area contributed by atoms with Gasteiger partial charge in [-0.15, -0.1) is 0 Å². The highest BCUT2D eigenvalue weighted by Gasteiger charge is 2.16. The van der Waals surface area contributed by atoms with Gasteiger partial charge in [-0.3, -0.25) is 4.79 Å². The summed E-state index contributed by atoms with van der Waals surface area (Å²) in [5.41, 5.74) is -0.0149. The number of ether oxygens (including phenoxy) is 1. The molecule has 0 aliphatic heterocycles. The summed E-state index contributed by atoms with van der Waals surface area (Å²) in [6, 6.07) is 10.3. The summed E-state index contributed by atoms with van der Waals surface area (Å²) in [7, 11) is 0. The molecular weight excluding hydrogens is 220 g/mol. The van der Waals surface area contributed by atoms with Gasteiger partial charge in [0.05, 0.1) is 0 Å². The van der Waals surface area contributed by atoms with Crippen LogP contribution in [0.3, 0.4) is 0 Å². The second kappa shape index (κ2) is 4.25. The van der Waals surface area contributed by atoms with E-state index in [-0.39, 0.29) is 11.3 Å². The van der Waals surface area contributed by atoms with Gasteiger partial charge in [-0.2, -0.15) is 0 Å². The zero-order valence-corrected chi connectivity index (χ0v) is 9.14. The monoisotopic (exact) mass is 230 g/mol. The third kappa shape index (κ3) is 2.10. The van der Waals surface area contributed by atoms with Crippen LogP contribution in [-0.2, 0) is 4.79 Å². The van der Waals surface area contributed by atoms with Crippen LogP contribution in [0.15, 0.2) is 36.4 Å². The summed E-state index contributed by atoms with van der Waals surface area (Å²) in [6.45, 7) is 1.24. The van der Waals surface area contributed by atoms with Crippen LogP contribution in [0.25, 0.3) is 10.8 Å². The third-order valence-corrected chi connectivity index (χ3v) is 2.36. The second-order valence-electron chi connectivity index (χ2n) is 3.56. The van der Waals surface area contributed by atoms with Crippen LogP contribution in [0.5, 0.6) is 5.75 Å². The quantitative estimate of drug-likeness (QED) is 0.635. The molecule has 0 radical (unpaired) electrons. The van der Waals surface area contributed by atoms with Gasteiger partial charge in [0.2, 0.25) is 0 Å². The summed E-state index contributed by atoms with van der Waals surface area (Å²) in [5.74, 6) is -1.56. The fourth-order valence-electron chi connectivity index (χ4n) is 1.67. The Kier molecular flexibility index (Phi) is 2.78. The molecule has 0 heterocycles. The van der Waals surface area contributed by atoms with Crippen molar-refractivity contribution >= 4 is 22.7 Å². The highest BCUT2D eigenvalue weighted by molar-refractivity contribution is 6.01. The Morgan fingerprint density at radius 1 is 1.12 bits per heavy atom. The average Bonchev–Trinajstić information content (AvgIpc) is 2.28. The fourth-order valence-corrected chi connectivity index (χ4v) is 1.67. The highest BCUT2D eigenvalue weighted by atomic mass is 16.5. The lowest BCUT2D eigenvalue weighted by Gasteiger charge is -2.09. The number of hydrogen-bond donors (Lipinski definition) is 1. The number of carbonyl (C=O) groups is 2. The van der Waals surface area contributed by atoms with Crippen molar-refractivity contribution < 1.29 is 19.4 Å². The molecule has 0 fully saturated rings. The first kappa shape index (κ1) is 11.1. The molecule has 0 atom stereocenters. The molecule has 4 nitrogen and oxygen atoms in total. The van der Waals surface area contributed by atoms with E-state index in [1.165, 1.54) is 13.0 Å². The van der Waals surface area contributed by atoms with Gasteiger partial charge in [-0.25, -0.2) is 4.79 Å². The Bertz CT molecular complexity index is 601. The molecule has 0 spiro atoms. The Labute approximate surface area is 97.4 Å². The van der Waals surface area contributed by atoms with Gasteiger partial charge in [-0.1, -0.05) is 30.3 Å². The summed E-state index contributed by atoms with van der Waals surface area (Å²) < 4.78 is 5.00. The van der Waals surface area contributed by atoms with Crippen LogP contribution >= 0.6 is 0 Å². The number of fused-ring (bicyclic) bond motifs is 1. The van der Waals surface area contributed by atoms with E-state index in [0.717, 1.165) is 5.39 Å². The first-order valence-electron chi connectivity index (χ1n) is 5.03. The predicted molar refractivity (Wildman–Crippen MR) is 62.2 cm³/mol. The number of rotatable bonds is 2. The molecule has 2 rings (SSSR count). The molecule has 2 aromatic carbocycles. The predicted octanol–water partition coefficient (Wildman–Crippen LogP) is 2.46. The Balaban J connectivity index is 2.74. The zero-order valence-electron chi connectivity index (χ0n) is 9.14. The fraction of sp³-hybridized carbons (Fsp3) is 0.0769. The number of carboxylic acids is 1. The maximum Gasteiger partial charge on any atom is 0.339 e. The van der Waals surface area contributed by atoms with E-state index >= 15 is 0 Å². The molecule has 0 unspecified atom stereocenters. The topological polar surface area (TPSA) is 63.6 Å². The van der Waals surface area contributed by atoms with Crippen LogP contribution in [0, 0.1) is 0 Å². The van der Waals surface area contributed by atoms with Crippen LogP contribution in [-0.4, -0.2) is 17.0 Å². The number of carbonyl (C=O) groups excluding carboxylic acids is 1. The first-order valence-corrected chi connectivity index (χ1v) is 5.03. The lowest BCUT2D eigenvalue weighted by molar-refractivity contribution is -0.131. The van der Waals surface area contributed by atoms with Crippen LogP contribution in [0.1, 0.15) is 17.3 Å². The summed E-state index contributed by atoms with van der Waals surface area (Å²) in [6.07, 6.45) is 0. The summed E-state index contributed by atoms with van der Waals surface area (Å²) >= 11 is 0. The molecule has 0 saturated carbocycles. The minimum absolute atomic E-state index is 0.0149. The van der Waals surface area contributed by atoms with Crippen molar-refractivity contribution in [2.75, 3.05) is 0 Å². The molecule has 2 aromatic rings. The highest BCUT2D eigenvalue weighted by Crippen LogP contribution is 2.30. The van der Waals surface area contributed by atoms with Gasteiger partial charge in [0.25, 0.3) is 0 Å². The smallest absolute Gasteiger partial charge is 0.339 e. The molecule has 0 aliphatic carbocycles. The third-order valence-electron chi connectivity index (χ3n) is 2.36. The van der Waals surface area contributed by atoms with E-state index in [2.05, 4.69) is 0 Å². The SMILES string of the molecule is CC(=O)Oc1c(C(=O)O)ccc2ccccc12. The van der Waals surface area contributed by atoms with E-state index in [0.29, 0.717) is 5.39 Å². The maximum absolute atomic E-state index is 11.1. The summed E-state index contributed by atoms with van der Waals surface area (Å²) in [5, 5.41) is 10.5. The van der Waals surface area contributed by atoms with Crippen molar-refractivity contribution in [2.45, 2.75) is 6.92 Å². The molecule has 0 amide bonds. The lowest BCUT2D eigenvalue weighted by Crippen LogP contribution is -2.07. The van der Waals surface area contributed by atoms with Crippen molar-refractivity contribution in [2.24, 2.45) is 0 Å². The number of benzene rings is 2. The molecule has 86 valence electrons. The van der Waals surface area contributed by atoms with E-state index in [1.54, 1.807) is 18.2 Å². The lowest BCUT2D eigenvalue weighted by atomic mass is 10.1. The van der Waals surface area contributed by atoms with Crippen LogP contribution in [0.4, 0.5) is 0 Å². The van der Waals surface area contributed by atoms with E-state index < -0.39 is 11.9 Å². The summed E-state index contributed by atoms with van der Waals surface area (Å²) in [4.78, 5) is 22.1. The van der Waals surface area contributed by atoms with Crippen molar-refractivity contribution in [1.82, 2.24) is 0 Å². The Morgan fingerprint density at radius 3 is 2.47 bits per heavy atom. The van der Waals surface area contributed by atoms with Gasteiger partial charge in [0.1, 0.15) is 5.56 Å². The first-order chi connectivity index (χ1) is 8.09. The molecule has 1 N–H and O–H groups in total. The van der Waals surface area contributed by atoms with Gasteiger partial charge >= 0.3 is 11.9 Å². The maximum atomic E-state index is 11.1. The normalized spacial score (nSPS) is 10.2. The van der Waals surface area contributed by atoms with E-state index in [4.69, 9.17) is 9.84 Å². The number of esters is 1. The van der Waals surface area contributed by atoms with Crippen molar-refractivity contribution in [3.05, 3.63) is 42.0 Å². The van der Waals surface area contributed by atoms with Gasteiger partial charge in [0, 0.05) is 12.3 Å². The minimum atomic E-state index is -1.12. The molecule has 0 aromatic heterocycles. The number of aromatic carboxylic acids is 1. The molecular formula is C13H10O4. The molecule has 17 heavy (non-hydrogen) atoms. The number of carboxylic acid groups (broad SMARTS) is 1. The van der Waals surface area contributed by atoms with Crippen LogP contribution in [0.2, 0.25) is 0 Å². The van der Waals surface area contributed by atoms with Crippen LogP contribution < -0.4 is 4.74 Å². The van der Waals surface area contributed by atoms with Gasteiger partial charge < -0.3 is 9.84 Å². The Hall–Kier alpha value is -2.36. The van der Waals surface area contributed by atoms with Gasteiger partial charge in [-0.05, 0) is 11.5 Å². The van der Waals surface area contributed by atoms with Crippen molar-refractivity contribution in [1.29, 1.82) is 0 Å². The average molecular weight is 230 g/mol. The zero-order chi connectivity index (χ0) is 12.4. The molecule has 0 bridgehead atoms. The van der Waals surface area contributed by atoms with E-state index in [1.807, 2.05) is 12.1 Å². The number of hydrogen-bond acceptors (Lipinski definition) is 3.